The molecule has 2 heterocycles. The van der Waals surface area contributed by atoms with Crippen molar-refractivity contribution in [3.63, 3.8) is 0 Å². The molecule has 1 aromatic carbocycles. The van der Waals surface area contributed by atoms with Gasteiger partial charge in [-0.25, -0.2) is 0 Å². The summed E-state index contributed by atoms with van der Waals surface area (Å²) in [4.78, 5) is 2.72. The quantitative estimate of drug-likeness (QED) is 0.865. The number of nitrogens with one attached hydrogen (secondary N) is 1. The van der Waals surface area contributed by atoms with Gasteiger partial charge in [0.05, 0.1) is 10.0 Å². The highest BCUT2D eigenvalue weighted by atomic mass is 35.5. The second-order valence-corrected chi connectivity index (χ2v) is 7.47. The minimum Gasteiger partial charge on any atom is -0.312 e. The highest BCUT2D eigenvalue weighted by molar-refractivity contribution is 6.42. The van der Waals surface area contributed by atoms with Crippen molar-refractivity contribution < 1.29 is 0 Å². The topological polar surface area (TPSA) is 15.3 Å². The van der Waals surface area contributed by atoms with Crippen LogP contribution in [-0.2, 0) is 6.42 Å². The third-order valence-electron chi connectivity index (χ3n) is 5.14. The van der Waals surface area contributed by atoms with Gasteiger partial charge >= 0.3 is 0 Å². The second kappa shape index (κ2) is 8.01. The van der Waals surface area contributed by atoms with Crippen molar-refractivity contribution >= 4 is 23.2 Å². The maximum Gasteiger partial charge on any atom is 0.0595 e. The van der Waals surface area contributed by atoms with Crippen LogP contribution in [0.2, 0.25) is 10.0 Å². The molecule has 122 valence electrons. The largest absolute Gasteiger partial charge is 0.312 e. The zero-order chi connectivity index (χ0) is 15.4. The number of hydrogen-bond acceptors (Lipinski definition) is 2. The third-order valence-corrected chi connectivity index (χ3v) is 5.87. The van der Waals surface area contributed by atoms with Gasteiger partial charge in [0.1, 0.15) is 0 Å². The van der Waals surface area contributed by atoms with Gasteiger partial charge in [-0.1, -0.05) is 35.7 Å². The van der Waals surface area contributed by atoms with Crippen LogP contribution < -0.4 is 5.32 Å². The summed E-state index contributed by atoms with van der Waals surface area (Å²) in [6.07, 6.45) is 9.01. The van der Waals surface area contributed by atoms with Crippen LogP contribution in [0.5, 0.6) is 0 Å². The Morgan fingerprint density at radius 1 is 1.05 bits per heavy atom. The predicted octanol–water partition coefficient (Wildman–Crippen LogP) is 4.53. The van der Waals surface area contributed by atoms with Crippen LogP contribution >= 0.6 is 23.2 Å². The molecule has 2 aliphatic heterocycles. The van der Waals surface area contributed by atoms with E-state index in [1.165, 1.54) is 57.2 Å². The van der Waals surface area contributed by atoms with Crippen LogP contribution in [0, 0.1) is 0 Å². The molecule has 3 rings (SSSR count). The summed E-state index contributed by atoms with van der Waals surface area (Å²) in [7, 11) is 0. The number of aryl methyl sites for hydroxylation is 1. The molecule has 22 heavy (non-hydrogen) atoms. The lowest BCUT2D eigenvalue weighted by Gasteiger charge is -2.33. The number of rotatable bonds is 4. The number of benzene rings is 1. The Hall–Kier alpha value is -0.280. The summed E-state index contributed by atoms with van der Waals surface area (Å²) < 4.78 is 0. The van der Waals surface area contributed by atoms with Crippen molar-refractivity contribution in [2.75, 3.05) is 19.6 Å². The van der Waals surface area contributed by atoms with Gasteiger partial charge < -0.3 is 5.32 Å². The van der Waals surface area contributed by atoms with Crippen LogP contribution in [0.4, 0.5) is 0 Å². The van der Waals surface area contributed by atoms with Crippen molar-refractivity contribution in [2.45, 2.75) is 57.0 Å². The molecular weight excluding hydrogens is 315 g/mol. The van der Waals surface area contributed by atoms with Crippen LogP contribution in [0.15, 0.2) is 18.2 Å². The van der Waals surface area contributed by atoms with E-state index in [9.17, 15) is 0 Å². The molecule has 4 heteroatoms. The van der Waals surface area contributed by atoms with Crippen molar-refractivity contribution in [3.05, 3.63) is 33.8 Å². The molecular formula is C18H26Cl2N2. The van der Waals surface area contributed by atoms with E-state index >= 15 is 0 Å². The van der Waals surface area contributed by atoms with E-state index < -0.39 is 0 Å². The summed E-state index contributed by atoms with van der Waals surface area (Å²) in [5, 5.41) is 5.12. The molecule has 2 unspecified atom stereocenters. The first kappa shape index (κ1) is 16.6. The molecule has 1 N–H and O–H groups in total. The molecule has 0 amide bonds. The second-order valence-electron chi connectivity index (χ2n) is 6.65. The standard InChI is InChI=1S/C18H26Cl2N2/c19-15-8-6-14(13-16(15)20)7-9-17-18(5-1-2-10-21-17)22-11-3-4-12-22/h6,8,13,17-18,21H,1-5,7,9-12H2. The Kier molecular flexibility index (Phi) is 6.03. The fraction of sp³-hybridized carbons (Fsp3) is 0.667. The lowest BCUT2D eigenvalue weighted by atomic mass is 9.96. The molecule has 0 spiro atoms. The van der Waals surface area contributed by atoms with Gasteiger partial charge in [-0.2, -0.15) is 0 Å². The highest BCUT2D eigenvalue weighted by Gasteiger charge is 2.29. The Bertz CT molecular complexity index is 486. The van der Waals surface area contributed by atoms with Gasteiger partial charge in [-0.3, -0.25) is 4.90 Å². The fourth-order valence-corrected chi connectivity index (χ4v) is 4.25. The van der Waals surface area contributed by atoms with Gasteiger partial charge in [0.2, 0.25) is 0 Å². The zero-order valence-electron chi connectivity index (χ0n) is 13.2. The maximum absolute atomic E-state index is 6.14. The van der Waals surface area contributed by atoms with Gasteiger partial charge in [0, 0.05) is 12.1 Å². The van der Waals surface area contributed by atoms with Crippen molar-refractivity contribution in [2.24, 2.45) is 0 Å². The SMILES string of the molecule is Clc1ccc(CCC2NCCCCC2N2CCCC2)cc1Cl. The van der Waals surface area contributed by atoms with E-state index in [1.807, 2.05) is 12.1 Å². The molecule has 1 aromatic rings. The summed E-state index contributed by atoms with van der Waals surface area (Å²) in [5.74, 6) is 0. The molecule has 0 radical (unpaired) electrons. The number of likely N-dealkylation sites (tertiary alicyclic amines) is 1. The van der Waals surface area contributed by atoms with Crippen LogP contribution in [0.25, 0.3) is 0 Å². The predicted molar refractivity (Wildman–Crippen MR) is 95.0 cm³/mol. The Balaban J connectivity index is 1.63. The smallest absolute Gasteiger partial charge is 0.0595 e. The van der Waals surface area contributed by atoms with Crippen molar-refractivity contribution in [3.8, 4) is 0 Å². The average molecular weight is 341 g/mol. The molecule has 2 aliphatic rings. The highest BCUT2D eigenvalue weighted by Crippen LogP contribution is 2.26. The van der Waals surface area contributed by atoms with Crippen molar-refractivity contribution in [1.82, 2.24) is 10.2 Å². The van der Waals surface area contributed by atoms with E-state index in [4.69, 9.17) is 23.2 Å². The molecule has 2 nitrogen and oxygen atoms in total. The minimum atomic E-state index is 0.607. The van der Waals surface area contributed by atoms with Crippen LogP contribution in [0.3, 0.4) is 0 Å². The molecule has 0 bridgehead atoms. The fourth-order valence-electron chi connectivity index (χ4n) is 3.93. The van der Waals surface area contributed by atoms with E-state index in [0.717, 1.165) is 13.0 Å². The molecule has 0 aromatic heterocycles. The maximum atomic E-state index is 6.14. The zero-order valence-corrected chi connectivity index (χ0v) is 14.7. The molecule has 0 aliphatic carbocycles. The van der Waals surface area contributed by atoms with Gasteiger partial charge in [-0.15, -0.1) is 0 Å². The monoisotopic (exact) mass is 340 g/mol. The Morgan fingerprint density at radius 3 is 2.64 bits per heavy atom. The number of hydrogen-bond donors (Lipinski definition) is 1. The van der Waals surface area contributed by atoms with E-state index in [0.29, 0.717) is 22.1 Å². The first-order valence-corrected chi connectivity index (χ1v) is 9.41. The van der Waals surface area contributed by atoms with Gasteiger partial charge in [-0.05, 0) is 75.9 Å². The summed E-state index contributed by atoms with van der Waals surface area (Å²) in [6, 6.07) is 7.36. The Morgan fingerprint density at radius 2 is 1.86 bits per heavy atom. The summed E-state index contributed by atoms with van der Waals surface area (Å²) >= 11 is 12.1. The minimum absolute atomic E-state index is 0.607. The molecule has 2 atom stereocenters. The number of halogens is 2. The summed E-state index contributed by atoms with van der Waals surface area (Å²) in [6.45, 7) is 3.74. The average Bonchev–Trinajstić information content (AvgIpc) is 2.94. The number of nitrogens with zero attached hydrogens (tertiary/aromatic N) is 1. The first-order chi connectivity index (χ1) is 10.7. The Labute approximate surface area is 144 Å². The third kappa shape index (κ3) is 4.17. The van der Waals surface area contributed by atoms with Crippen LogP contribution in [0.1, 0.15) is 44.1 Å². The molecule has 0 saturated carbocycles. The normalized spacial score (nSPS) is 27.0. The first-order valence-electron chi connectivity index (χ1n) is 8.65. The van der Waals surface area contributed by atoms with Gasteiger partial charge in [0.25, 0.3) is 0 Å². The van der Waals surface area contributed by atoms with E-state index in [1.54, 1.807) is 0 Å². The van der Waals surface area contributed by atoms with Crippen LogP contribution in [-0.4, -0.2) is 36.6 Å². The van der Waals surface area contributed by atoms with Gasteiger partial charge in [0.15, 0.2) is 0 Å². The lowest BCUT2D eigenvalue weighted by molar-refractivity contribution is 0.183. The molecule has 2 saturated heterocycles. The lowest BCUT2D eigenvalue weighted by Crippen LogP contribution is -2.48. The van der Waals surface area contributed by atoms with E-state index in [-0.39, 0.29) is 0 Å². The van der Waals surface area contributed by atoms with Crippen molar-refractivity contribution in [1.29, 1.82) is 0 Å². The summed E-state index contributed by atoms with van der Waals surface area (Å²) in [5.41, 5.74) is 1.29. The van der Waals surface area contributed by atoms with E-state index in [2.05, 4.69) is 16.3 Å². The molecule has 2 fully saturated rings.